The molecule has 2 saturated carbocycles. The van der Waals surface area contributed by atoms with Gasteiger partial charge in [0.1, 0.15) is 17.7 Å². The van der Waals surface area contributed by atoms with E-state index in [2.05, 4.69) is 17.6 Å². The molecule has 0 aromatic rings. The van der Waals surface area contributed by atoms with Gasteiger partial charge in [-0.2, -0.15) is 0 Å². The van der Waals surface area contributed by atoms with Crippen LogP contribution >= 0.6 is 0 Å². The van der Waals surface area contributed by atoms with Crippen LogP contribution in [0.2, 0.25) is 0 Å². The minimum Gasteiger partial charge on any atom is -0.444 e. The van der Waals surface area contributed by atoms with Crippen LogP contribution in [0.5, 0.6) is 0 Å². The number of nitrogens with two attached hydrogens (primary N) is 1. The first-order valence-corrected chi connectivity index (χ1v) is 14.1. The van der Waals surface area contributed by atoms with E-state index in [0.29, 0.717) is 25.3 Å². The van der Waals surface area contributed by atoms with Crippen LogP contribution < -0.4 is 16.4 Å². The molecule has 38 heavy (non-hydrogen) atoms. The third kappa shape index (κ3) is 7.05. The molecule has 1 spiro atoms. The van der Waals surface area contributed by atoms with Gasteiger partial charge in [-0.15, -0.1) is 0 Å². The fraction of sp³-hybridized carbons (Fsp3) is 0.821. The number of ether oxygens (including phenoxy) is 1. The van der Waals surface area contributed by atoms with Crippen LogP contribution in [0.15, 0.2) is 0 Å². The summed E-state index contributed by atoms with van der Waals surface area (Å²) in [6.07, 6.45) is 6.09. The maximum Gasteiger partial charge on any atom is 0.408 e. The van der Waals surface area contributed by atoms with Crippen LogP contribution in [0.4, 0.5) is 4.79 Å². The molecule has 5 atom stereocenters. The summed E-state index contributed by atoms with van der Waals surface area (Å²) in [7, 11) is 0. The number of carbonyl (C=O) groups is 5. The van der Waals surface area contributed by atoms with Crippen molar-refractivity contribution in [3.63, 3.8) is 0 Å². The minimum atomic E-state index is -1.07. The van der Waals surface area contributed by atoms with Crippen LogP contribution in [0.1, 0.15) is 92.9 Å². The Balaban J connectivity index is 1.81. The lowest BCUT2D eigenvalue weighted by Gasteiger charge is -2.33. The number of carbonyl (C=O) groups excluding carboxylic acids is 5. The minimum absolute atomic E-state index is 0.141. The Labute approximate surface area is 226 Å². The fourth-order valence-electron chi connectivity index (χ4n) is 5.97. The third-order valence-electron chi connectivity index (χ3n) is 8.32. The van der Waals surface area contributed by atoms with E-state index >= 15 is 0 Å². The fourth-order valence-corrected chi connectivity index (χ4v) is 5.97. The van der Waals surface area contributed by atoms with Crippen molar-refractivity contribution in [2.45, 2.75) is 117 Å². The monoisotopic (exact) mass is 534 g/mol. The smallest absolute Gasteiger partial charge is 0.408 e. The van der Waals surface area contributed by atoms with Crippen LogP contribution in [-0.4, -0.2) is 64.8 Å². The number of primary amides is 1. The molecule has 1 heterocycles. The average molecular weight is 535 g/mol. The molecule has 1 aliphatic heterocycles. The van der Waals surface area contributed by atoms with Crippen molar-refractivity contribution in [3.05, 3.63) is 0 Å². The highest BCUT2D eigenvalue weighted by Crippen LogP contribution is 2.62. The molecule has 0 radical (unpaired) electrons. The van der Waals surface area contributed by atoms with E-state index in [1.807, 2.05) is 13.8 Å². The van der Waals surface area contributed by atoms with E-state index < -0.39 is 47.4 Å². The Morgan fingerprint density at radius 2 is 1.74 bits per heavy atom. The zero-order chi connectivity index (χ0) is 28.4. The molecule has 10 nitrogen and oxygen atoms in total. The van der Waals surface area contributed by atoms with Gasteiger partial charge in [0.25, 0.3) is 5.91 Å². The van der Waals surface area contributed by atoms with Gasteiger partial charge in [-0.1, -0.05) is 52.9 Å². The normalized spacial score (nSPS) is 26.4. The number of amides is 4. The highest BCUT2D eigenvalue weighted by molar-refractivity contribution is 6.37. The molecule has 0 aromatic heterocycles. The zero-order valence-electron chi connectivity index (χ0n) is 23.8. The largest absolute Gasteiger partial charge is 0.444 e. The number of likely N-dealkylation sites (tertiary alicyclic amines) is 1. The van der Waals surface area contributed by atoms with Crippen molar-refractivity contribution in [3.8, 4) is 0 Å². The molecule has 2 aliphatic carbocycles. The summed E-state index contributed by atoms with van der Waals surface area (Å²) in [5.74, 6) is -2.23. The van der Waals surface area contributed by atoms with Gasteiger partial charge >= 0.3 is 6.09 Å². The van der Waals surface area contributed by atoms with Crippen LogP contribution in [0.25, 0.3) is 0 Å². The molecule has 0 bridgehead atoms. The van der Waals surface area contributed by atoms with Crippen LogP contribution in [0, 0.1) is 23.2 Å². The number of Topliss-reactive ketones (excluding diaryl/α,β-unsaturated/α-hetero) is 1. The Bertz CT molecular complexity index is 940. The third-order valence-corrected chi connectivity index (χ3v) is 8.32. The lowest BCUT2D eigenvalue weighted by molar-refractivity contribution is -0.143. The first kappa shape index (κ1) is 29.9. The topological polar surface area (TPSA) is 148 Å². The molecular formula is C28H46N4O6. The summed E-state index contributed by atoms with van der Waals surface area (Å²) in [5, 5.41) is 5.49. The number of alkyl carbamates (subject to hydrolysis) is 1. The van der Waals surface area contributed by atoms with E-state index in [9.17, 15) is 24.0 Å². The number of ketones is 1. The molecule has 214 valence electrons. The predicted molar refractivity (Wildman–Crippen MR) is 142 cm³/mol. The molecule has 4 unspecified atom stereocenters. The highest BCUT2D eigenvalue weighted by Gasteiger charge is 2.62. The standard InChI is InChI=1S/C28H46N4O6/c1-7-9-18-13-28(18)14-20(24(35)30-19(22(33)23(29)34)12-17-10-8-11-17)32(15-28)25(36)21(16(2)3)31-26(37)38-27(4,5)6/h16-21H,7-15H2,1-6H3,(H2,29,34)(H,30,35)(H,31,37)/t18?,19?,20-,21?,28?/m0/s1. The number of hydrogen-bond donors (Lipinski definition) is 3. The second-order valence-corrected chi connectivity index (χ2v) is 12.9. The highest BCUT2D eigenvalue weighted by atomic mass is 16.6. The van der Waals surface area contributed by atoms with Gasteiger partial charge < -0.3 is 26.0 Å². The SMILES string of the molecule is CCCC1CC12C[C@@H](C(=O)NC(CC1CCC1)C(=O)C(N)=O)N(C(=O)C(NC(=O)OC(C)(C)C)C(C)C)C2. The van der Waals surface area contributed by atoms with Crippen molar-refractivity contribution in [2.75, 3.05) is 6.54 Å². The summed E-state index contributed by atoms with van der Waals surface area (Å²) >= 11 is 0. The first-order chi connectivity index (χ1) is 17.7. The average Bonchev–Trinajstić information content (AvgIpc) is 3.27. The second kappa shape index (κ2) is 11.6. The van der Waals surface area contributed by atoms with Crippen molar-refractivity contribution >= 4 is 29.6 Å². The van der Waals surface area contributed by atoms with Crippen LogP contribution in [0.3, 0.4) is 0 Å². The second-order valence-electron chi connectivity index (χ2n) is 12.9. The van der Waals surface area contributed by atoms with Crippen LogP contribution in [-0.2, 0) is 23.9 Å². The summed E-state index contributed by atoms with van der Waals surface area (Å²) in [5.41, 5.74) is 4.42. The number of hydrogen-bond acceptors (Lipinski definition) is 6. The molecule has 10 heteroatoms. The maximum absolute atomic E-state index is 13.9. The maximum atomic E-state index is 13.9. The molecular weight excluding hydrogens is 488 g/mol. The zero-order valence-corrected chi connectivity index (χ0v) is 23.8. The van der Waals surface area contributed by atoms with E-state index in [0.717, 1.165) is 38.5 Å². The molecule has 4 amide bonds. The Morgan fingerprint density at radius 3 is 2.24 bits per heavy atom. The predicted octanol–water partition coefficient (Wildman–Crippen LogP) is 2.67. The molecule has 3 aliphatic rings. The lowest BCUT2D eigenvalue weighted by Crippen LogP contribution is -2.57. The van der Waals surface area contributed by atoms with Gasteiger partial charge in [0.2, 0.25) is 17.6 Å². The molecule has 0 aromatic carbocycles. The summed E-state index contributed by atoms with van der Waals surface area (Å²) < 4.78 is 5.38. The Hall–Kier alpha value is -2.65. The van der Waals surface area contributed by atoms with Crippen molar-refractivity contribution in [2.24, 2.45) is 28.9 Å². The van der Waals surface area contributed by atoms with Gasteiger partial charge in [0, 0.05) is 6.54 Å². The molecule has 3 rings (SSSR count). The Kier molecular flexibility index (Phi) is 9.14. The van der Waals surface area contributed by atoms with Crippen molar-refractivity contribution < 1.29 is 28.7 Å². The number of nitrogens with zero attached hydrogens (tertiary/aromatic N) is 1. The Morgan fingerprint density at radius 1 is 1.08 bits per heavy atom. The van der Waals surface area contributed by atoms with E-state index in [-0.39, 0.29) is 23.2 Å². The van der Waals surface area contributed by atoms with Crippen molar-refractivity contribution in [1.82, 2.24) is 15.5 Å². The summed E-state index contributed by atoms with van der Waals surface area (Å²) in [4.78, 5) is 65.9. The first-order valence-electron chi connectivity index (χ1n) is 14.1. The van der Waals surface area contributed by atoms with Gasteiger partial charge in [-0.25, -0.2) is 4.79 Å². The molecule has 3 fully saturated rings. The lowest BCUT2D eigenvalue weighted by atomic mass is 9.80. The molecule has 4 N–H and O–H groups in total. The quantitative estimate of drug-likeness (QED) is 0.347. The van der Waals surface area contributed by atoms with E-state index in [4.69, 9.17) is 10.5 Å². The van der Waals surface area contributed by atoms with E-state index in [1.165, 1.54) is 0 Å². The number of rotatable bonds is 11. The van der Waals surface area contributed by atoms with Gasteiger partial charge in [-0.05, 0) is 63.2 Å². The summed E-state index contributed by atoms with van der Waals surface area (Å²) in [6.45, 7) is 11.4. The van der Waals surface area contributed by atoms with Gasteiger partial charge in [0.05, 0.1) is 6.04 Å². The van der Waals surface area contributed by atoms with Gasteiger partial charge in [-0.3, -0.25) is 19.2 Å². The summed E-state index contributed by atoms with van der Waals surface area (Å²) in [6, 6.07) is -2.67. The molecule has 1 saturated heterocycles. The van der Waals surface area contributed by atoms with Crippen molar-refractivity contribution in [1.29, 1.82) is 0 Å². The van der Waals surface area contributed by atoms with Gasteiger partial charge in [0.15, 0.2) is 0 Å². The number of nitrogens with one attached hydrogen (secondary N) is 2. The van der Waals surface area contributed by atoms with E-state index in [1.54, 1.807) is 25.7 Å².